The summed E-state index contributed by atoms with van der Waals surface area (Å²) in [6, 6.07) is 2.25. The molecule has 1 saturated carbocycles. The van der Waals surface area contributed by atoms with Gasteiger partial charge >= 0.3 is 5.97 Å². The van der Waals surface area contributed by atoms with Crippen LogP contribution in [0.3, 0.4) is 0 Å². The predicted molar refractivity (Wildman–Crippen MR) is 96.7 cm³/mol. The Hall–Kier alpha value is -1.87. The number of carbonyl (C=O) groups excluding carboxylic acids is 1. The van der Waals surface area contributed by atoms with Gasteiger partial charge in [0.25, 0.3) is 0 Å². The molecule has 3 rings (SSSR count). The lowest BCUT2D eigenvalue weighted by atomic mass is 9.71. The van der Waals surface area contributed by atoms with Crippen LogP contribution < -0.4 is 5.32 Å². The quantitative estimate of drug-likeness (QED) is 0.785. The number of carboxylic acid groups (broad SMARTS) is 1. The summed E-state index contributed by atoms with van der Waals surface area (Å²) in [4.78, 5) is 25.5. The monoisotopic (exact) mass is 360 g/mol. The molecule has 0 spiro atoms. The lowest BCUT2D eigenvalue weighted by molar-refractivity contribution is -0.153. The first kappa shape index (κ1) is 17.9. The molecule has 5 nitrogen and oxygen atoms in total. The van der Waals surface area contributed by atoms with E-state index in [0.717, 1.165) is 50.5 Å². The van der Waals surface area contributed by atoms with Crippen molar-refractivity contribution in [2.75, 3.05) is 5.32 Å². The van der Waals surface area contributed by atoms with E-state index in [1.54, 1.807) is 0 Å². The summed E-state index contributed by atoms with van der Waals surface area (Å²) in [5.41, 5.74) is 0.734. The summed E-state index contributed by atoms with van der Waals surface area (Å²) in [7, 11) is 0. The van der Waals surface area contributed by atoms with Crippen LogP contribution in [0.4, 0.5) is 5.00 Å². The molecule has 2 aliphatic carbocycles. The number of hydrogen-bond donors (Lipinski definition) is 2. The normalized spacial score (nSPS) is 19.3. The molecule has 0 unspecified atom stereocenters. The van der Waals surface area contributed by atoms with Gasteiger partial charge in [-0.2, -0.15) is 5.26 Å². The van der Waals surface area contributed by atoms with E-state index < -0.39 is 11.4 Å². The summed E-state index contributed by atoms with van der Waals surface area (Å²) in [6.45, 7) is 0. The molecule has 0 aliphatic heterocycles. The standard InChI is InChI=1S/C19H24N2O3S/c20-12-14-13-7-3-1-4-8-15(13)25-17(14)21-16(22)11-19(18(23)24)9-5-2-6-10-19/h1-11H2,(H,21,22)(H,23,24). The maximum Gasteiger partial charge on any atom is 0.310 e. The number of rotatable bonds is 4. The van der Waals surface area contributed by atoms with Gasteiger partial charge in [-0.25, -0.2) is 0 Å². The van der Waals surface area contributed by atoms with E-state index >= 15 is 0 Å². The molecule has 134 valence electrons. The van der Waals surface area contributed by atoms with Crippen molar-refractivity contribution in [3.05, 3.63) is 16.0 Å². The summed E-state index contributed by atoms with van der Waals surface area (Å²) in [6.07, 6.45) is 9.09. The Morgan fingerprint density at radius 2 is 1.80 bits per heavy atom. The number of anilines is 1. The molecular weight excluding hydrogens is 336 g/mol. The van der Waals surface area contributed by atoms with Crippen molar-refractivity contribution < 1.29 is 14.7 Å². The number of nitrogens with one attached hydrogen (secondary N) is 1. The molecule has 25 heavy (non-hydrogen) atoms. The van der Waals surface area contributed by atoms with Crippen LogP contribution in [0, 0.1) is 16.7 Å². The number of nitrogens with zero attached hydrogens (tertiary/aromatic N) is 1. The number of carboxylic acids is 1. The molecule has 1 aromatic rings. The van der Waals surface area contributed by atoms with E-state index in [1.165, 1.54) is 22.6 Å². The highest BCUT2D eigenvalue weighted by molar-refractivity contribution is 7.16. The molecule has 0 bridgehead atoms. The Bertz CT molecular complexity index is 711. The minimum Gasteiger partial charge on any atom is -0.481 e. The fourth-order valence-corrected chi connectivity index (χ4v) is 5.38. The molecule has 1 aromatic heterocycles. The van der Waals surface area contributed by atoms with E-state index in [2.05, 4.69) is 11.4 Å². The molecule has 1 amide bonds. The Balaban J connectivity index is 1.77. The number of aryl methyl sites for hydroxylation is 1. The highest BCUT2D eigenvalue weighted by Crippen LogP contribution is 2.41. The Morgan fingerprint density at radius 3 is 2.48 bits per heavy atom. The van der Waals surface area contributed by atoms with Crippen LogP contribution in [0.2, 0.25) is 0 Å². The number of nitriles is 1. The van der Waals surface area contributed by atoms with Crippen LogP contribution in [0.1, 0.15) is 73.8 Å². The molecule has 1 fully saturated rings. The molecule has 6 heteroatoms. The van der Waals surface area contributed by atoms with Crippen LogP contribution in [-0.2, 0) is 22.4 Å². The van der Waals surface area contributed by atoms with Gasteiger partial charge in [-0.05, 0) is 44.1 Å². The van der Waals surface area contributed by atoms with Crippen LogP contribution in [0.25, 0.3) is 0 Å². The SMILES string of the molecule is N#Cc1c(NC(=O)CC2(C(=O)O)CCCCC2)sc2c1CCCCC2. The maximum absolute atomic E-state index is 12.6. The zero-order valence-electron chi connectivity index (χ0n) is 14.4. The second kappa shape index (κ2) is 7.57. The van der Waals surface area contributed by atoms with Crippen LogP contribution in [0.15, 0.2) is 0 Å². The molecule has 0 atom stereocenters. The first-order valence-electron chi connectivity index (χ1n) is 9.14. The lowest BCUT2D eigenvalue weighted by Crippen LogP contribution is -2.37. The number of fused-ring (bicyclic) bond motifs is 1. The summed E-state index contributed by atoms with van der Waals surface area (Å²) in [5.74, 6) is -1.15. The van der Waals surface area contributed by atoms with Gasteiger partial charge < -0.3 is 10.4 Å². The lowest BCUT2D eigenvalue weighted by Gasteiger charge is -2.32. The van der Waals surface area contributed by atoms with Crippen LogP contribution in [0.5, 0.6) is 0 Å². The van der Waals surface area contributed by atoms with Crippen molar-refractivity contribution in [2.24, 2.45) is 5.41 Å². The largest absolute Gasteiger partial charge is 0.481 e. The van der Waals surface area contributed by atoms with Crippen molar-refractivity contribution in [2.45, 2.75) is 70.6 Å². The summed E-state index contributed by atoms with van der Waals surface area (Å²) in [5, 5.41) is 22.6. The zero-order chi connectivity index (χ0) is 17.9. The van der Waals surface area contributed by atoms with Gasteiger partial charge in [-0.1, -0.05) is 25.7 Å². The molecule has 0 aromatic carbocycles. The van der Waals surface area contributed by atoms with E-state index in [-0.39, 0.29) is 12.3 Å². The summed E-state index contributed by atoms with van der Waals surface area (Å²) < 4.78 is 0. The molecule has 2 N–H and O–H groups in total. The second-order valence-electron chi connectivity index (χ2n) is 7.25. The van der Waals surface area contributed by atoms with Crippen molar-refractivity contribution >= 4 is 28.2 Å². The molecule has 0 saturated heterocycles. The Kier molecular flexibility index (Phi) is 5.43. The van der Waals surface area contributed by atoms with E-state index in [1.807, 2.05) is 0 Å². The highest BCUT2D eigenvalue weighted by atomic mass is 32.1. The molecule has 2 aliphatic rings. The van der Waals surface area contributed by atoms with Gasteiger partial charge in [0.05, 0.1) is 11.0 Å². The highest BCUT2D eigenvalue weighted by Gasteiger charge is 2.41. The third kappa shape index (κ3) is 3.72. The average molecular weight is 360 g/mol. The number of amides is 1. The van der Waals surface area contributed by atoms with Crippen molar-refractivity contribution in [1.29, 1.82) is 5.26 Å². The third-order valence-electron chi connectivity index (χ3n) is 5.55. The van der Waals surface area contributed by atoms with Crippen LogP contribution >= 0.6 is 11.3 Å². The minimum absolute atomic E-state index is 0.00420. The molecular formula is C19H24N2O3S. The average Bonchev–Trinajstić information content (AvgIpc) is 2.75. The summed E-state index contributed by atoms with van der Waals surface area (Å²) >= 11 is 1.50. The van der Waals surface area contributed by atoms with Gasteiger partial charge in [-0.15, -0.1) is 11.3 Å². The first-order chi connectivity index (χ1) is 12.1. The number of hydrogen-bond acceptors (Lipinski definition) is 4. The van der Waals surface area contributed by atoms with Gasteiger partial charge in [0.15, 0.2) is 0 Å². The predicted octanol–water partition coefficient (Wildman–Crippen LogP) is 4.25. The zero-order valence-corrected chi connectivity index (χ0v) is 15.2. The first-order valence-corrected chi connectivity index (χ1v) is 9.95. The van der Waals surface area contributed by atoms with Crippen LogP contribution in [-0.4, -0.2) is 17.0 Å². The van der Waals surface area contributed by atoms with Gasteiger partial charge in [-0.3, -0.25) is 9.59 Å². The number of thiophene rings is 1. The van der Waals surface area contributed by atoms with E-state index in [0.29, 0.717) is 23.4 Å². The van der Waals surface area contributed by atoms with Crippen molar-refractivity contribution in [1.82, 2.24) is 0 Å². The van der Waals surface area contributed by atoms with Gasteiger partial charge in [0, 0.05) is 11.3 Å². The Morgan fingerprint density at radius 1 is 1.12 bits per heavy atom. The van der Waals surface area contributed by atoms with Gasteiger partial charge in [0.1, 0.15) is 11.1 Å². The molecule has 0 radical (unpaired) electrons. The smallest absolute Gasteiger partial charge is 0.310 e. The maximum atomic E-state index is 12.6. The number of aliphatic carboxylic acids is 1. The van der Waals surface area contributed by atoms with E-state index in [4.69, 9.17) is 0 Å². The Labute approximate surface area is 152 Å². The topological polar surface area (TPSA) is 90.2 Å². The molecule has 1 heterocycles. The fraction of sp³-hybridized carbons (Fsp3) is 0.632. The second-order valence-corrected chi connectivity index (χ2v) is 8.36. The minimum atomic E-state index is -0.941. The van der Waals surface area contributed by atoms with Crippen molar-refractivity contribution in [3.63, 3.8) is 0 Å². The number of carbonyl (C=O) groups is 2. The fourth-order valence-electron chi connectivity index (χ4n) is 4.12. The van der Waals surface area contributed by atoms with E-state index in [9.17, 15) is 20.0 Å². The van der Waals surface area contributed by atoms with Gasteiger partial charge in [0.2, 0.25) is 5.91 Å². The van der Waals surface area contributed by atoms with Crippen molar-refractivity contribution in [3.8, 4) is 6.07 Å². The third-order valence-corrected chi connectivity index (χ3v) is 6.76.